The maximum atomic E-state index is 11.3. The van der Waals surface area contributed by atoms with E-state index in [0.717, 1.165) is 5.56 Å². The molecule has 0 saturated carbocycles. The van der Waals surface area contributed by atoms with Gasteiger partial charge in [-0.3, -0.25) is 4.57 Å². The summed E-state index contributed by atoms with van der Waals surface area (Å²) < 4.78 is 11.3. The standard InChI is InChI=1S/C11H18NO2P/c1-3-11(2,15(13)14)8-9-4-6-10(12)7-5-9/h4-7,15H,3,8,12H2,1-2H3,(H,13,14). The van der Waals surface area contributed by atoms with Crippen molar-refractivity contribution in [1.29, 1.82) is 0 Å². The van der Waals surface area contributed by atoms with Gasteiger partial charge >= 0.3 is 0 Å². The molecule has 15 heavy (non-hydrogen) atoms. The minimum atomic E-state index is -2.51. The van der Waals surface area contributed by atoms with E-state index in [4.69, 9.17) is 5.73 Å². The number of benzene rings is 1. The second-order valence-electron chi connectivity index (χ2n) is 4.14. The van der Waals surface area contributed by atoms with Gasteiger partial charge in [0.2, 0.25) is 0 Å². The quantitative estimate of drug-likeness (QED) is 0.613. The van der Waals surface area contributed by atoms with Crippen LogP contribution < -0.4 is 5.73 Å². The molecule has 1 aromatic rings. The van der Waals surface area contributed by atoms with Crippen LogP contribution >= 0.6 is 8.03 Å². The Balaban J connectivity index is 2.84. The molecule has 0 fully saturated rings. The van der Waals surface area contributed by atoms with E-state index in [-0.39, 0.29) is 0 Å². The van der Waals surface area contributed by atoms with Crippen LogP contribution in [0.25, 0.3) is 0 Å². The molecule has 3 nitrogen and oxygen atoms in total. The molecule has 0 heterocycles. The van der Waals surface area contributed by atoms with Crippen molar-refractivity contribution in [2.24, 2.45) is 0 Å². The minimum absolute atomic E-state index is 0.499. The van der Waals surface area contributed by atoms with Gasteiger partial charge < -0.3 is 10.6 Å². The zero-order valence-corrected chi connectivity index (χ0v) is 10.2. The van der Waals surface area contributed by atoms with Crippen LogP contribution in [0.1, 0.15) is 25.8 Å². The fraction of sp³-hybridized carbons (Fsp3) is 0.455. The zero-order chi connectivity index (χ0) is 11.5. The molecule has 0 spiro atoms. The van der Waals surface area contributed by atoms with Gasteiger partial charge in [-0.2, -0.15) is 0 Å². The van der Waals surface area contributed by atoms with Crippen LogP contribution in [0.2, 0.25) is 0 Å². The lowest BCUT2D eigenvalue weighted by atomic mass is 9.98. The molecular weight excluding hydrogens is 209 g/mol. The summed E-state index contributed by atoms with van der Waals surface area (Å²) in [5, 5.41) is -0.499. The monoisotopic (exact) mass is 227 g/mol. The normalized spacial score (nSPS) is 17.0. The summed E-state index contributed by atoms with van der Waals surface area (Å²) in [5.41, 5.74) is 7.35. The Labute approximate surface area is 91.2 Å². The van der Waals surface area contributed by atoms with Crippen molar-refractivity contribution in [3.63, 3.8) is 0 Å². The van der Waals surface area contributed by atoms with E-state index in [0.29, 0.717) is 18.5 Å². The molecule has 0 aliphatic rings. The van der Waals surface area contributed by atoms with Gasteiger partial charge in [0.05, 0.1) is 0 Å². The van der Waals surface area contributed by atoms with Gasteiger partial charge in [-0.15, -0.1) is 0 Å². The first-order valence-corrected chi connectivity index (χ1v) is 6.41. The Morgan fingerprint density at radius 1 is 1.40 bits per heavy atom. The van der Waals surface area contributed by atoms with E-state index in [2.05, 4.69) is 0 Å². The lowest BCUT2D eigenvalue weighted by Gasteiger charge is -2.24. The maximum absolute atomic E-state index is 11.3. The summed E-state index contributed by atoms with van der Waals surface area (Å²) in [6.45, 7) is 3.79. The predicted octanol–water partition coefficient (Wildman–Crippen LogP) is 2.45. The van der Waals surface area contributed by atoms with Crippen molar-refractivity contribution in [2.45, 2.75) is 31.8 Å². The van der Waals surface area contributed by atoms with Crippen molar-refractivity contribution in [3.8, 4) is 0 Å². The average Bonchev–Trinajstić information content (AvgIpc) is 2.21. The van der Waals surface area contributed by atoms with Gasteiger partial charge in [0, 0.05) is 10.8 Å². The zero-order valence-electron chi connectivity index (χ0n) is 9.16. The molecule has 4 heteroatoms. The van der Waals surface area contributed by atoms with E-state index in [1.54, 1.807) is 0 Å². The molecule has 0 radical (unpaired) electrons. The van der Waals surface area contributed by atoms with Gasteiger partial charge in [-0.1, -0.05) is 26.0 Å². The van der Waals surface area contributed by atoms with Crippen molar-refractivity contribution >= 4 is 13.7 Å². The topological polar surface area (TPSA) is 63.3 Å². The van der Waals surface area contributed by atoms with Gasteiger partial charge in [0.1, 0.15) is 0 Å². The highest BCUT2D eigenvalue weighted by Gasteiger charge is 2.28. The van der Waals surface area contributed by atoms with Crippen LogP contribution in [0.5, 0.6) is 0 Å². The number of anilines is 1. The van der Waals surface area contributed by atoms with E-state index in [1.165, 1.54) is 0 Å². The summed E-state index contributed by atoms with van der Waals surface area (Å²) in [5.74, 6) is 0. The highest BCUT2D eigenvalue weighted by molar-refractivity contribution is 7.40. The fourth-order valence-corrected chi connectivity index (χ4v) is 2.10. The molecule has 1 rings (SSSR count). The molecule has 2 atom stereocenters. The molecule has 2 unspecified atom stereocenters. The second kappa shape index (κ2) is 4.82. The first-order valence-electron chi connectivity index (χ1n) is 5.06. The largest absolute Gasteiger partial charge is 0.399 e. The second-order valence-corrected chi connectivity index (χ2v) is 5.96. The third-order valence-electron chi connectivity index (χ3n) is 2.87. The predicted molar refractivity (Wildman–Crippen MR) is 64.5 cm³/mol. The Kier molecular flexibility index (Phi) is 3.95. The first-order chi connectivity index (χ1) is 6.98. The minimum Gasteiger partial charge on any atom is -0.399 e. The third kappa shape index (κ3) is 3.08. The summed E-state index contributed by atoms with van der Waals surface area (Å²) in [4.78, 5) is 9.31. The number of nitrogen functional groups attached to an aromatic ring is 1. The summed E-state index contributed by atoms with van der Waals surface area (Å²) in [6, 6.07) is 7.46. The Bertz CT molecular complexity index is 350. The van der Waals surface area contributed by atoms with Crippen LogP contribution in [-0.2, 0) is 11.0 Å². The number of rotatable bonds is 4. The maximum Gasteiger partial charge on any atom is 0.195 e. The summed E-state index contributed by atoms with van der Waals surface area (Å²) in [7, 11) is -2.51. The van der Waals surface area contributed by atoms with E-state index in [9.17, 15) is 9.46 Å². The van der Waals surface area contributed by atoms with Crippen LogP contribution in [0.4, 0.5) is 5.69 Å². The van der Waals surface area contributed by atoms with E-state index >= 15 is 0 Å². The molecule has 0 amide bonds. The van der Waals surface area contributed by atoms with Gasteiger partial charge in [0.25, 0.3) is 0 Å². The molecule has 0 saturated heterocycles. The average molecular weight is 227 g/mol. The van der Waals surface area contributed by atoms with Crippen LogP contribution in [0, 0.1) is 0 Å². The number of hydrogen-bond donors (Lipinski definition) is 2. The van der Waals surface area contributed by atoms with Gasteiger partial charge in [-0.25, -0.2) is 0 Å². The molecule has 1 aromatic carbocycles. The molecule has 84 valence electrons. The number of hydrogen-bond acceptors (Lipinski definition) is 2. The third-order valence-corrected chi connectivity index (χ3v) is 4.43. The lowest BCUT2D eigenvalue weighted by Crippen LogP contribution is -2.21. The molecule has 0 aromatic heterocycles. The van der Waals surface area contributed by atoms with Crippen molar-refractivity contribution in [2.75, 3.05) is 5.73 Å². The smallest absolute Gasteiger partial charge is 0.195 e. The number of nitrogens with two attached hydrogens (primary N) is 1. The molecule has 0 aliphatic carbocycles. The first kappa shape index (κ1) is 12.3. The van der Waals surface area contributed by atoms with Crippen LogP contribution in [0.15, 0.2) is 24.3 Å². The Morgan fingerprint density at radius 2 is 1.93 bits per heavy atom. The Hall–Kier alpha value is -0.790. The van der Waals surface area contributed by atoms with Gasteiger partial charge in [0.15, 0.2) is 8.03 Å². The fourth-order valence-electron chi connectivity index (χ4n) is 1.44. The highest BCUT2D eigenvalue weighted by Crippen LogP contribution is 2.40. The van der Waals surface area contributed by atoms with Crippen molar-refractivity contribution < 1.29 is 9.46 Å². The SMILES string of the molecule is CCC(C)(Cc1ccc(N)cc1)[PH](=O)O. The highest BCUT2D eigenvalue weighted by atomic mass is 31.1. The summed E-state index contributed by atoms with van der Waals surface area (Å²) in [6.07, 6.45) is 1.32. The molecule has 3 N–H and O–H groups in total. The van der Waals surface area contributed by atoms with Crippen LogP contribution in [-0.4, -0.2) is 10.0 Å². The summed E-state index contributed by atoms with van der Waals surface area (Å²) >= 11 is 0. The van der Waals surface area contributed by atoms with Crippen molar-refractivity contribution in [3.05, 3.63) is 29.8 Å². The molecular formula is C11H18NO2P. The van der Waals surface area contributed by atoms with Crippen molar-refractivity contribution in [1.82, 2.24) is 0 Å². The lowest BCUT2D eigenvalue weighted by molar-refractivity contribution is 0.445. The van der Waals surface area contributed by atoms with Crippen LogP contribution in [0.3, 0.4) is 0 Å². The Morgan fingerprint density at radius 3 is 2.33 bits per heavy atom. The van der Waals surface area contributed by atoms with E-state index in [1.807, 2.05) is 38.1 Å². The molecule has 0 bridgehead atoms. The van der Waals surface area contributed by atoms with Gasteiger partial charge in [-0.05, 0) is 30.5 Å². The molecule has 0 aliphatic heterocycles. The van der Waals surface area contributed by atoms with E-state index < -0.39 is 13.2 Å².